The normalized spacial score (nSPS) is 16.1. The Morgan fingerprint density at radius 1 is 1.22 bits per heavy atom. The van der Waals surface area contributed by atoms with E-state index in [0.29, 0.717) is 18.5 Å². The van der Waals surface area contributed by atoms with Crippen molar-refractivity contribution in [1.29, 1.82) is 0 Å². The van der Waals surface area contributed by atoms with E-state index in [1.807, 2.05) is 0 Å². The van der Waals surface area contributed by atoms with E-state index in [1.165, 1.54) is 12.1 Å². The summed E-state index contributed by atoms with van der Waals surface area (Å²) in [7, 11) is 0. The first-order valence-electron chi connectivity index (χ1n) is 10.7. The molecule has 1 fully saturated rings. The maximum absolute atomic E-state index is 13.4. The van der Waals surface area contributed by atoms with Gasteiger partial charge in [0.2, 0.25) is 0 Å². The number of hydrogen-bond acceptors (Lipinski definition) is 5. The Kier molecular flexibility index (Phi) is 8.41. The van der Waals surface area contributed by atoms with Gasteiger partial charge in [-0.25, -0.2) is 4.39 Å². The fraction of sp³-hybridized carbons (Fsp3) is 0.435. The van der Waals surface area contributed by atoms with Crippen LogP contribution in [-0.4, -0.2) is 46.7 Å². The van der Waals surface area contributed by atoms with Gasteiger partial charge in [0.1, 0.15) is 17.3 Å². The highest BCUT2D eigenvalue weighted by Crippen LogP contribution is 2.32. The molecule has 2 aromatic rings. The topological polar surface area (TPSA) is 101 Å². The average Bonchev–Trinajstić information content (AvgIpc) is 2.81. The second kappa shape index (κ2) is 11.2. The number of aliphatic hydroxyl groups is 1. The summed E-state index contributed by atoms with van der Waals surface area (Å²) in [4.78, 5) is 28.8. The van der Waals surface area contributed by atoms with E-state index in [-0.39, 0.29) is 36.3 Å². The molecule has 3 rings (SSSR count). The monoisotopic (exact) mass is 463 g/mol. The molecule has 0 spiro atoms. The Morgan fingerprint density at radius 2 is 2.00 bits per heavy atom. The van der Waals surface area contributed by atoms with E-state index in [1.54, 1.807) is 24.4 Å². The van der Waals surface area contributed by atoms with Gasteiger partial charge in [0, 0.05) is 18.8 Å². The van der Waals surface area contributed by atoms with E-state index in [2.05, 4.69) is 15.6 Å². The van der Waals surface area contributed by atoms with Gasteiger partial charge in [-0.05, 0) is 43.5 Å². The first-order chi connectivity index (χ1) is 15.4. The molecule has 1 aromatic heterocycles. The number of benzene rings is 1. The van der Waals surface area contributed by atoms with Crippen LogP contribution in [0.1, 0.15) is 49.0 Å². The molecule has 1 saturated carbocycles. The van der Waals surface area contributed by atoms with Gasteiger partial charge in [0.15, 0.2) is 6.61 Å². The molecular weight excluding hydrogens is 437 g/mol. The number of rotatable bonds is 9. The maximum Gasteiger partial charge on any atom is 0.270 e. The number of carbonyl (C=O) groups is 2. The van der Waals surface area contributed by atoms with Crippen LogP contribution < -0.4 is 15.4 Å². The Labute approximate surface area is 191 Å². The number of halogens is 2. The Bertz CT molecular complexity index is 923. The van der Waals surface area contributed by atoms with Crippen LogP contribution in [0.2, 0.25) is 5.02 Å². The number of pyridine rings is 1. The summed E-state index contributed by atoms with van der Waals surface area (Å²) in [5, 5.41) is 16.6. The van der Waals surface area contributed by atoms with Crippen molar-refractivity contribution < 1.29 is 23.8 Å². The summed E-state index contributed by atoms with van der Waals surface area (Å²) in [6.07, 6.45) is 5.15. The zero-order valence-electron chi connectivity index (χ0n) is 17.7. The molecule has 1 heterocycles. The molecule has 0 aliphatic heterocycles. The molecule has 9 heteroatoms. The lowest BCUT2D eigenvalue weighted by molar-refractivity contribution is -0.123. The third-order valence-corrected chi connectivity index (χ3v) is 5.95. The van der Waals surface area contributed by atoms with Crippen LogP contribution >= 0.6 is 11.6 Å². The highest BCUT2D eigenvalue weighted by Gasteiger charge is 2.40. The van der Waals surface area contributed by atoms with Crippen LogP contribution in [0.4, 0.5) is 4.39 Å². The van der Waals surface area contributed by atoms with Gasteiger partial charge in [0.25, 0.3) is 11.8 Å². The van der Waals surface area contributed by atoms with Crippen molar-refractivity contribution in [2.24, 2.45) is 0 Å². The van der Waals surface area contributed by atoms with Crippen molar-refractivity contribution in [3.63, 3.8) is 0 Å². The molecule has 32 heavy (non-hydrogen) atoms. The number of nitrogens with zero attached hydrogens (tertiary/aromatic N) is 1. The average molecular weight is 464 g/mol. The van der Waals surface area contributed by atoms with E-state index >= 15 is 0 Å². The lowest BCUT2D eigenvalue weighted by Crippen LogP contribution is -2.58. The molecule has 3 N–H and O–H groups in total. The summed E-state index contributed by atoms with van der Waals surface area (Å²) in [5.41, 5.74) is -0.455. The highest BCUT2D eigenvalue weighted by molar-refractivity contribution is 6.30. The van der Waals surface area contributed by atoms with Crippen molar-refractivity contribution in [2.45, 2.75) is 50.2 Å². The molecule has 1 aliphatic rings. The lowest BCUT2D eigenvalue weighted by Gasteiger charge is -2.42. The minimum atomic E-state index is -0.831. The third-order valence-electron chi connectivity index (χ3n) is 5.64. The number of aliphatic hydroxyl groups excluding tert-OH is 1. The van der Waals surface area contributed by atoms with E-state index in [9.17, 15) is 19.1 Å². The largest absolute Gasteiger partial charge is 0.484 e. The Hall–Kier alpha value is -2.71. The highest BCUT2D eigenvalue weighted by atomic mass is 35.5. The van der Waals surface area contributed by atoms with Crippen molar-refractivity contribution in [3.05, 3.63) is 59.1 Å². The van der Waals surface area contributed by atoms with Gasteiger partial charge >= 0.3 is 0 Å². The van der Waals surface area contributed by atoms with Gasteiger partial charge in [-0.3, -0.25) is 14.6 Å². The van der Waals surface area contributed by atoms with Crippen LogP contribution in [0.25, 0.3) is 0 Å². The second-order valence-corrected chi connectivity index (χ2v) is 8.31. The smallest absolute Gasteiger partial charge is 0.270 e. The molecule has 1 aliphatic carbocycles. The second-order valence-electron chi connectivity index (χ2n) is 7.90. The summed E-state index contributed by atoms with van der Waals surface area (Å²) in [6.45, 7) is -0.0851. The molecule has 0 bridgehead atoms. The molecule has 0 saturated heterocycles. The van der Waals surface area contributed by atoms with E-state index in [0.717, 1.165) is 25.3 Å². The molecule has 1 unspecified atom stereocenters. The molecule has 0 radical (unpaired) electrons. The predicted molar refractivity (Wildman–Crippen MR) is 118 cm³/mol. The Balaban J connectivity index is 1.50. The first-order valence-corrected chi connectivity index (χ1v) is 11.0. The van der Waals surface area contributed by atoms with Gasteiger partial charge in [-0.2, -0.15) is 0 Å². The molecular formula is C23H27ClFN3O4. The zero-order valence-corrected chi connectivity index (χ0v) is 18.4. The minimum absolute atomic E-state index is 0.0254. The van der Waals surface area contributed by atoms with Crippen LogP contribution in [-0.2, 0) is 4.79 Å². The molecule has 172 valence electrons. The first kappa shape index (κ1) is 23.9. The molecule has 2 amide bonds. The van der Waals surface area contributed by atoms with Crippen molar-refractivity contribution >= 4 is 23.4 Å². The standard InChI is InChI=1S/C23H27ClFN3O4/c24-17-8-7-16(14-18(17)25)32-15-21(30)27-13-9-20(29)23(10-3-1-4-11-23)28-22(31)19-6-2-5-12-26-19/h2,5-8,12,14,20,29H,1,3-4,9-11,13,15H2,(H,27,30)(H,28,31). The lowest BCUT2D eigenvalue weighted by atomic mass is 9.76. The minimum Gasteiger partial charge on any atom is -0.484 e. The number of nitrogens with one attached hydrogen (secondary N) is 2. The number of ether oxygens (including phenoxy) is 1. The van der Waals surface area contributed by atoms with Crippen LogP contribution in [0.3, 0.4) is 0 Å². The molecule has 7 nitrogen and oxygen atoms in total. The predicted octanol–water partition coefficient (Wildman–Crippen LogP) is 3.25. The van der Waals surface area contributed by atoms with Gasteiger partial charge in [-0.15, -0.1) is 0 Å². The molecule has 1 aromatic carbocycles. The fourth-order valence-corrected chi connectivity index (χ4v) is 4.02. The summed E-state index contributed by atoms with van der Waals surface area (Å²) >= 11 is 5.62. The summed E-state index contributed by atoms with van der Waals surface area (Å²) < 4.78 is 18.7. The number of hydrogen-bond donors (Lipinski definition) is 3. The van der Waals surface area contributed by atoms with Crippen LogP contribution in [0.5, 0.6) is 5.75 Å². The van der Waals surface area contributed by atoms with Crippen molar-refractivity contribution in [3.8, 4) is 5.75 Å². The summed E-state index contributed by atoms with van der Waals surface area (Å²) in [6, 6.07) is 9.03. The molecule has 1 atom stereocenters. The maximum atomic E-state index is 13.4. The number of aromatic nitrogens is 1. The Morgan fingerprint density at radius 3 is 2.69 bits per heavy atom. The van der Waals surface area contributed by atoms with Crippen molar-refractivity contribution in [1.82, 2.24) is 15.6 Å². The van der Waals surface area contributed by atoms with Crippen molar-refractivity contribution in [2.75, 3.05) is 13.2 Å². The van der Waals surface area contributed by atoms with Gasteiger partial charge in [0.05, 0.1) is 16.7 Å². The SMILES string of the molecule is O=C(COc1ccc(Cl)c(F)c1)NCCC(O)C1(NC(=O)c2ccccn2)CCCCC1. The van der Waals surface area contributed by atoms with E-state index < -0.39 is 23.4 Å². The quantitative estimate of drug-likeness (QED) is 0.530. The van der Waals surface area contributed by atoms with E-state index in [4.69, 9.17) is 16.3 Å². The van der Waals surface area contributed by atoms with Crippen LogP contribution in [0.15, 0.2) is 42.6 Å². The van der Waals surface area contributed by atoms with Gasteiger partial charge < -0.3 is 20.5 Å². The zero-order chi connectivity index (χ0) is 23.0. The summed E-state index contributed by atoms with van der Waals surface area (Å²) in [5.74, 6) is -1.15. The number of carbonyl (C=O) groups excluding carboxylic acids is 2. The van der Waals surface area contributed by atoms with Gasteiger partial charge in [-0.1, -0.05) is 36.9 Å². The van der Waals surface area contributed by atoms with Crippen LogP contribution in [0, 0.1) is 5.82 Å². The fourth-order valence-electron chi connectivity index (χ4n) is 3.90. The third kappa shape index (κ3) is 6.40. The number of amides is 2.